The zero-order valence-corrected chi connectivity index (χ0v) is 33.0. The molecule has 0 bridgehead atoms. The second-order valence-corrected chi connectivity index (χ2v) is 17.7. The van der Waals surface area contributed by atoms with Crippen LogP contribution in [0, 0.1) is 39.4 Å². The Kier molecular flexibility index (Phi) is 13.9. The number of hydrogen-bond donors (Lipinski definition) is 3. The molecule has 0 aliphatic carbocycles. The van der Waals surface area contributed by atoms with Crippen molar-refractivity contribution in [3.05, 3.63) is 41.4 Å². The van der Waals surface area contributed by atoms with Crippen molar-refractivity contribution in [1.82, 2.24) is 4.90 Å². The van der Waals surface area contributed by atoms with Crippen LogP contribution in [0.1, 0.15) is 98.8 Å². The highest BCUT2D eigenvalue weighted by Crippen LogP contribution is 2.54. The van der Waals surface area contributed by atoms with Gasteiger partial charge in [0.05, 0.1) is 47.0 Å². The predicted octanol–water partition coefficient (Wildman–Crippen LogP) is 5.14. The maximum absolute atomic E-state index is 13.0. The fraction of sp³-hybridized carbons (Fsp3) is 0.641. The van der Waals surface area contributed by atoms with Gasteiger partial charge in [0.2, 0.25) is 0 Å². The Morgan fingerprint density at radius 1 is 0.759 bits per heavy atom. The van der Waals surface area contributed by atoms with Gasteiger partial charge in [0, 0.05) is 0 Å². The third-order valence-electron chi connectivity index (χ3n) is 10.3. The fourth-order valence-corrected chi connectivity index (χ4v) is 6.86. The number of aliphatic carboxylic acids is 3. The highest BCUT2D eigenvalue weighted by Gasteiger charge is 2.53. The lowest BCUT2D eigenvalue weighted by Crippen LogP contribution is -2.51. The van der Waals surface area contributed by atoms with Crippen LogP contribution in [0.2, 0.25) is 0 Å². The minimum atomic E-state index is -1.30. The molecule has 0 saturated carbocycles. The van der Waals surface area contributed by atoms with E-state index in [4.69, 9.17) is 18.8 Å². The van der Waals surface area contributed by atoms with Crippen LogP contribution in [0.5, 0.6) is 0 Å². The summed E-state index contributed by atoms with van der Waals surface area (Å²) in [4.78, 5) is 76.5. The molecule has 15 heteroatoms. The van der Waals surface area contributed by atoms with E-state index < -0.39 is 94.6 Å². The molecule has 14 nitrogen and oxygen atoms in total. The van der Waals surface area contributed by atoms with E-state index in [2.05, 4.69) is 0 Å². The molecular weight excluding hydrogens is 701 g/mol. The van der Waals surface area contributed by atoms with Gasteiger partial charge in [-0.15, -0.1) is 0 Å². The largest absolute Gasteiger partial charge is 0.628 e. The first-order valence-corrected chi connectivity index (χ1v) is 18.1. The van der Waals surface area contributed by atoms with Crippen LogP contribution in [0.15, 0.2) is 30.2 Å². The van der Waals surface area contributed by atoms with Crippen molar-refractivity contribution in [1.29, 1.82) is 0 Å². The van der Waals surface area contributed by atoms with Crippen molar-refractivity contribution in [3.63, 3.8) is 0 Å². The Labute approximate surface area is 317 Å². The average Bonchev–Trinajstić information content (AvgIpc) is 3.03. The second kappa shape index (κ2) is 17.1. The molecule has 1 aromatic carbocycles. The number of carboxylic acids is 3. The molecule has 0 unspecified atom stereocenters. The summed E-state index contributed by atoms with van der Waals surface area (Å²) in [5.74, 6) is -5.26. The molecular formula is C39H56BNO13. The first-order chi connectivity index (χ1) is 24.7. The summed E-state index contributed by atoms with van der Waals surface area (Å²) < 4.78 is 23.1. The monoisotopic (exact) mass is 757 g/mol. The van der Waals surface area contributed by atoms with Crippen LogP contribution >= 0.6 is 0 Å². The highest BCUT2D eigenvalue weighted by atomic mass is 16.6. The summed E-state index contributed by atoms with van der Waals surface area (Å²) in [6.07, 6.45) is 0.0741. The van der Waals surface area contributed by atoms with Crippen molar-refractivity contribution < 1.29 is 62.9 Å². The minimum Gasteiger partial charge on any atom is -0.495 e. The van der Waals surface area contributed by atoms with E-state index in [-0.39, 0.29) is 39.0 Å². The Morgan fingerprint density at radius 2 is 1.20 bits per heavy atom. The van der Waals surface area contributed by atoms with E-state index >= 15 is 0 Å². The fourth-order valence-electron chi connectivity index (χ4n) is 6.86. The number of benzene rings is 1. The van der Waals surface area contributed by atoms with Gasteiger partial charge in [-0.2, -0.15) is 0 Å². The molecule has 2 fully saturated rings. The van der Waals surface area contributed by atoms with Crippen molar-refractivity contribution in [2.75, 3.05) is 26.7 Å². The molecule has 54 heavy (non-hydrogen) atoms. The van der Waals surface area contributed by atoms with Crippen LogP contribution in [0.25, 0.3) is 6.08 Å². The van der Waals surface area contributed by atoms with Gasteiger partial charge >= 0.3 is 42.9 Å². The smallest absolute Gasteiger partial charge is 0.495 e. The van der Waals surface area contributed by atoms with Gasteiger partial charge in [0.15, 0.2) is 0 Å². The zero-order valence-electron chi connectivity index (χ0n) is 33.0. The second-order valence-electron chi connectivity index (χ2n) is 17.7. The van der Waals surface area contributed by atoms with E-state index in [1.807, 2.05) is 0 Å². The number of carbonyl (C=O) groups is 6. The molecule has 5 atom stereocenters. The van der Waals surface area contributed by atoms with Gasteiger partial charge in [-0.1, -0.05) is 30.3 Å². The number of esters is 1. The quantitative estimate of drug-likeness (QED) is 0.166. The molecule has 0 radical (unpaired) electrons. The van der Waals surface area contributed by atoms with Crippen LogP contribution in [-0.4, -0.2) is 96.0 Å². The van der Waals surface area contributed by atoms with Crippen LogP contribution in [0.4, 0.5) is 0 Å². The van der Waals surface area contributed by atoms with Crippen LogP contribution in [0.3, 0.4) is 0 Å². The van der Waals surface area contributed by atoms with Crippen molar-refractivity contribution in [2.45, 2.75) is 93.8 Å². The zero-order chi connectivity index (χ0) is 41.0. The van der Waals surface area contributed by atoms with E-state index in [1.165, 1.54) is 10.9 Å². The number of likely N-dealkylation sites (N-methyl/N-ethyl adjacent to an activating group) is 1. The Balaban J connectivity index is 2.15. The molecule has 3 rings (SSSR count). The summed E-state index contributed by atoms with van der Waals surface area (Å²) in [7, 11) is 0.362. The van der Waals surface area contributed by atoms with Gasteiger partial charge in [-0.25, -0.2) is 0 Å². The summed E-state index contributed by atoms with van der Waals surface area (Å²) in [6, 6.07) is 7.05. The molecule has 0 aromatic heterocycles. The summed E-state index contributed by atoms with van der Waals surface area (Å²) in [5.41, 5.74) is -3.47. The maximum atomic E-state index is 13.0. The molecule has 2 aliphatic heterocycles. The van der Waals surface area contributed by atoms with Gasteiger partial charge in [-0.05, 0) is 123 Å². The lowest BCUT2D eigenvalue weighted by atomic mass is 9.60. The predicted molar refractivity (Wildman–Crippen MR) is 198 cm³/mol. The van der Waals surface area contributed by atoms with E-state index in [1.54, 1.807) is 99.7 Å². The lowest BCUT2D eigenvalue weighted by molar-refractivity contribution is -0.199. The van der Waals surface area contributed by atoms with Gasteiger partial charge in [0.25, 0.3) is 0 Å². The summed E-state index contributed by atoms with van der Waals surface area (Å²) in [5, 5.41) is 30.8. The Morgan fingerprint density at radius 3 is 1.65 bits per heavy atom. The number of carboxylic acid groups (broad SMARTS) is 3. The maximum Gasteiger partial charge on any atom is 0.628 e. The van der Waals surface area contributed by atoms with E-state index in [0.29, 0.717) is 11.1 Å². The highest BCUT2D eigenvalue weighted by molar-refractivity contribution is 6.55. The van der Waals surface area contributed by atoms with Crippen molar-refractivity contribution in [3.8, 4) is 0 Å². The molecule has 0 amide bonds. The van der Waals surface area contributed by atoms with Crippen LogP contribution < -0.4 is 0 Å². The van der Waals surface area contributed by atoms with Crippen molar-refractivity contribution >= 4 is 49.0 Å². The lowest BCUT2D eigenvalue weighted by Gasteiger charge is -2.51. The molecule has 0 spiro atoms. The topological polar surface area (TPSA) is 203 Å². The minimum absolute atomic E-state index is 0.0352. The molecule has 298 valence electrons. The van der Waals surface area contributed by atoms with Gasteiger partial charge in [0.1, 0.15) is 6.61 Å². The first kappa shape index (κ1) is 44.2. The number of ether oxygens (including phenoxy) is 2. The molecule has 2 heterocycles. The Bertz CT molecular complexity index is 1570. The standard InChI is InChI=1S/C39H56BNO13/c1-36(2,3)35(50)51-22-28-26(18-38(6,7)33(46)47)25(17-37(4,5)32(44)45)27(19-39(8,9)34(48)49)31(52-28)24-13-11-23(12-14-24)15-16-40-53-29(42)20-41(10)21-30(43)54-40/h11-16,25-28,31H,17-22H2,1-10H3,(H,44,45)(H,46,47)(H,48,49)/t25-,26+,27+,28-,31-/m0/s1. The normalized spacial score (nSPS) is 23.6. The summed E-state index contributed by atoms with van der Waals surface area (Å²) >= 11 is 0. The van der Waals surface area contributed by atoms with Crippen LogP contribution in [-0.2, 0) is 47.5 Å². The van der Waals surface area contributed by atoms with Crippen molar-refractivity contribution in [2.24, 2.45) is 39.4 Å². The number of nitrogens with zero attached hydrogens (tertiary/aromatic N) is 1. The molecule has 3 N–H and O–H groups in total. The Hall–Kier alpha value is -4.24. The van der Waals surface area contributed by atoms with Gasteiger partial charge in [-0.3, -0.25) is 33.7 Å². The SMILES string of the molecule is CN1CC(=O)OB(C=Cc2ccc([C@@H]3O[C@@H](COC(=O)C(C)(C)C)[C@H](CC(C)(C)C(=O)O)[C@H](CC(C)(C)C(=O)O)[C@H]3CC(C)(C)C(=O)O)cc2)OC(=O)C1. The third-order valence-corrected chi connectivity index (χ3v) is 10.3. The van der Waals surface area contributed by atoms with E-state index in [9.17, 15) is 44.1 Å². The number of carbonyl (C=O) groups excluding carboxylic acids is 3. The molecule has 1 aromatic rings. The average molecular weight is 758 g/mol. The molecule has 2 saturated heterocycles. The first-order valence-electron chi connectivity index (χ1n) is 18.1. The third kappa shape index (κ3) is 11.6. The number of rotatable bonds is 14. The van der Waals surface area contributed by atoms with E-state index in [0.717, 1.165) is 0 Å². The summed E-state index contributed by atoms with van der Waals surface area (Å²) in [6.45, 7) is 14.2. The van der Waals surface area contributed by atoms with Gasteiger partial charge < -0.3 is 34.1 Å². The number of hydrogen-bond acceptors (Lipinski definition) is 11. The molecule has 2 aliphatic rings.